The number of benzene rings is 1. The molecule has 0 aliphatic carbocycles. The molecule has 0 unspecified atom stereocenters. The van der Waals surface area contributed by atoms with Gasteiger partial charge in [-0.25, -0.2) is 0 Å². The van der Waals surface area contributed by atoms with Gasteiger partial charge in [0.2, 0.25) is 0 Å². The predicted octanol–water partition coefficient (Wildman–Crippen LogP) is 3.27. The molecule has 0 heterocycles. The van der Waals surface area contributed by atoms with Crippen molar-refractivity contribution in [2.45, 2.75) is 20.8 Å². The summed E-state index contributed by atoms with van der Waals surface area (Å²) in [5.74, 6) is 1.59. The molecular weight excluding hydrogens is 222 g/mol. The molecule has 1 aromatic carbocycles. The first kappa shape index (κ1) is 13.3. The molecule has 1 aromatic rings. The van der Waals surface area contributed by atoms with Crippen LogP contribution in [-0.2, 0) is 0 Å². The van der Waals surface area contributed by atoms with Gasteiger partial charge in [0.1, 0.15) is 12.4 Å². The summed E-state index contributed by atoms with van der Waals surface area (Å²) in [5.41, 5.74) is 1.08. The molecule has 0 saturated heterocycles. The molecule has 16 heavy (non-hydrogen) atoms. The van der Waals surface area contributed by atoms with Crippen molar-refractivity contribution < 1.29 is 4.74 Å². The average molecular weight is 242 g/mol. The summed E-state index contributed by atoms with van der Waals surface area (Å²) in [5, 5.41) is 4.09. The molecule has 0 aromatic heterocycles. The van der Waals surface area contributed by atoms with Gasteiger partial charge in [-0.05, 0) is 43.1 Å². The summed E-state index contributed by atoms with van der Waals surface area (Å²) in [7, 11) is 0. The minimum absolute atomic E-state index is 0.678. The second-order valence-corrected chi connectivity index (χ2v) is 4.79. The van der Waals surface area contributed by atoms with Gasteiger partial charge >= 0.3 is 0 Å². The zero-order valence-electron chi connectivity index (χ0n) is 10.2. The zero-order valence-corrected chi connectivity index (χ0v) is 11.0. The maximum absolute atomic E-state index is 5.87. The maximum Gasteiger partial charge on any atom is 0.122 e. The van der Waals surface area contributed by atoms with Gasteiger partial charge in [-0.3, -0.25) is 0 Å². The van der Waals surface area contributed by atoms with Gasteiger partial charge in [-0.2, -0.15) is 0 Å². The van der Waals surface area contributed by atoms with E-state index in [1.807, 2.05) is 25.1 Å². The molecule has 1 N–H and O–H groups in total. The van der Waals surface area contributed by atoms with E-state index in [4.69, 9.17) is 16.3 Å². The third kappa shape index (κ3) is 4.86. The van der Waals surface area contributed by atoms with Crippen LogP contribution in [0.1, 0.15) is 19.4 Å². The first-order chi connectivity index (χ1) is 7.59. The highest BCUT2D eigenvalue weighted by atomic mass is 35.5. The second-order valence-electron chi connectivity index (χ2n) is 4.36. The highest BCUT2D eigenvalue weighted by Crippen LogP contribution is 2.21. The summed E-state index contributed by atoms with van der Waals surface area (Å²) in [6.07, 6.45) is 0. The summed E-state index contributed by atoms with van der Waals surface area (Å²) >= 11 is 5.87. The number of hydrogen-bond donors (Lipinski definition) is 1. The van der Waals surface area contributed by atoms with Crippen LogP contribution in [-0.4, -0.2) is 19.7 Å². The molecule has 0 saturated carbocycles. The molecular formula is C13H20ClNO. The minimum Gasteiger partial charge on any atom is -0.492 e. The van der Waals surface area contributed by atoms with E-state index in [-0.39, 0.29) is 0 Å². The molecule has 0 spiro atoms. The Bertz CT molecular complexity index is 326. The number of aryl methyl sites for hydroxylation is 1. The summed E-state index contributed by atoms with van der Waals surface area (Å²) in [6.45, 7) is 8.98. The summed E-state index contributed by atoms with van der Waals surface area (Å²) < 4.78 is 5.65. The Balaban J connectivity index is 2.27. The van der Waals surface area contributed by atoms with Gasteiger partial charge in [-0.15, -0.1) is 0 Å². The summed E-state index contributed by atoms with van der Waals surface area (Å²) in [4.78, 5) is 0. The number of nitrogens with one attached hydrogen (secondary N) is 1. The van der Waals surface area contributed by atoms with Gasteiger partial charge < -0.3 is 10.1 Å². The van der Waals surface area contributed by atoms with E-state index in [2.05, 4.69) is 19.2 Å². The molecule has 1 rings (SSSR count). The third-order valence-corrected chi connectivity index (χ3v) is 2.46. The van der Waals surface area contributed by atoms with Crippen LogP contribution in [0.4, 0.5) is 0 Å². The standard InChI is InChI=1S/C13H20ClNO/c1-10(2)9-15-6-7-16-13-5-4-12(14)8-11(13)3/h4-5,8,10,15H,6-7,9H2,1-3H3. The Morgan fingerprint density at radius 2 is 2.12 bits per heavy atom. The lowest BCUT2D eigenvalue weighted by molar-refractivity contribution is 0.309. The maximum atomic E-state index is 5.87. The van der Waals surface area contributed by atoms with E-state index < -0.39 is 0 Å². The quantitative estimate of drug-likeness (QED) is 0.772. The average Bonchev–Trinajstić information content (AvgIpc) is 2.20. The van der Waals surface area contributed by atoms with Crippen LogP contribution in [0.5, 0.6) is 5.75 Å². The number of rotatable bonds is 6. The molecule has 2 nitrogen and oxygen atoms in total. The highest BCUT2D eigenvalue weighted by Gasteiger charge is 2.00. The molecule has 0 amide bonds. The van der Waals surface area contributed by atoms with Crippen molar-refractivity contribution in [3.63, 3.8) is 0 Å². The molecule has 90 valence electrons. The SMILES string of the molecule is Cc1cc(Cl)ccc1OCCNCC(C)C. The topological polar surface area (TPSA) is 21.3 Å². The molecule has 3 heteroatoms. The number of hydrogen-bond acceptors (Lipinski definition) is 2. The smallest absolute Gasteiger partial charge is 0.122 e. The first-order valence-electron chi connectivity index (χ1n) is 5.69. The Kier molecular flexibility index (Phi) is 5.64. The van der Waals surface area contributed by atoms with Gasteiger partial charge in [-0.1, -0.05) is 25.4 Å². The molecule has 0 radical (unpaired) electrons. The molecule has 0 atom stereocenters. The van der Waals surface area contributed by atoms with E-state index in [0.29, 0.717) is 12.5 Å². The van der Waals surface area contributed by atoms with E-state index in [1.165, 1.54) is 0 Å². The largest absolute Gasteiger partial charge is 0.492 e. The Hall–Kier alpha value is -0.730. The molecule has 0 bridgehead atoms. The van der Waals surface area contributed by atoms with E-state index >= 15 is 0 Å². The zero-order chi connectivity index (χ0) is 12.0. The Morgan fingerprint density at radius 3 is 2.75 bits per heavy atom. The lowest BCUT2D eigenvalue weighted by atomic mass is 10.2. The Morgan fingerprint density at radius 1 is 1.38 bits per heavy atom. The minimum atomic E-state index is 0.678. The fraction of sp³-hybridized carbons (Fsp3) is 0.538. The van der Waals surface area contributed by atoms with Gasteiger partial charge in [0.05, 0.1) is 0 Å². The van der Waals surface area contributed by atoms with Crippen LogP contribution in [0, 0.1) is 12.8 Å². The van der Waals surface area contributed by atoms with Crippen molar-refractivity contribution in [1.82, 2.24) is 5.32 Å². The molecule has 0 aliphatic rings. The molecule has 0 fully saturated rings. The third-order valence-electron chi connectivity index (χ3n) is 2.23. The van der Waals surface area contributed by atoms with Crippen LogP contribution in [0.2, 0.25) is 5.02 Å². The van der Waals surface area contributed by atoms with Crippen LogP contribution < -0.4 is 10.1 Å². The van der Waals surface area contributed by atoms with Crippen LogP contribution in [0.25, 0.3) is 0 Å². The number of halogens is 1. The van der Waals surface area contributed by atoms with Crippen molar-refractivity contribution >= 4 is 11.6 Å². The van der Waals surface area contributed by atoms with Crippen molar-refractivity contribution in [3.8, 4) is 5.75 Å². The van der Waals surface area contributed by atoms with Crippen LogP contribution >= 0.6 is 11.6 Å². The van der Waals surface area contributed by atoms with Crippen molar-refractivity contribution in [2.24, 2.45) is 5.92 Å². The van der Waals surface area contributed by atoms with Gasteiger partial charge in [0, 0.05) is 11.6 Å². The first-order valence-corrected chi connectivity index (χ1v) is 6.07. The van der Waals surface area contributed by atoms with E-state index in [0.717, 1.165) is 29.4 Å². The van der Waals surface area contributed by atoms with Crippen molar-refractivity contribution in [1.29, 1.82) is 0 Å². The lowest BCUT2D eigenvalue weighted by Gasteiger charge is -2.11. The van der Waals surface area contributed by atoms with Gasteiger partial charge in [0.15, 0.2) is 0 Å². The van der Waals surface area contributed by atoms with Crippen molar-refractivity contribution in [3.05, 3.63) is 28.8 Å². The second kappa shape index (κ2) is 6.77. The van der Waals surface area contributed by atoms with E-state index in [1.54, 1.807) is 0 Å². The van der Waals surface area contributed by atoms with Crippen LogP contribution in [0.3, 0.4) is 0 Å². The monoisotopic (exact) mass is 241 g/mol. The fourth-order valence-electron chi connectivity index (χ4n) is 1.40. The lowest BCUT2D eigenvalue weighted by Crippen LogP contribution is -2.25. The predicted molar refractivity (Wildman–Crippen MR) is 69.4 cm³/mol. The normalized spacial score (nSPS) is 10.8. The Labute approximate surface area is 103 Å². The fourth-order valence-corrected chi connectivity index (χ4v) is 1.63. The molecule has 0 aliphatic heterocycles. The number of ether oxygens (including phenoxy) is 1. The van der Waals surface area contributed by atoms with Crippen molar-refractivity contribution in [2.75, 3.05) is 19.7 Å². The van der Waals surface area contributed by atoms with E-state index in [9.17, 15) is 0 Å². The van der Waals surface area contributed by atoms with Gasteiger partial charge in [0.25, 0.3) is 0 Å². The highest BCUT2D eigenvalue weighted by molar-refractivity contribution is 6.30. The van der Waals surface area contributed by atoms with Crippen LogP contribution in [0.15, 0.2) is 18.2 Å². The summed E-state index contributed by atoms with van der Waals surface area (Å²) in [6, 6.07) is 5.68.